The van der Waals surface area contributed by atoms with Crippen molar-refractivity contribution < 1.29 is 45.0 Å². The van der Waals surface area contributed by atoms with Gasteiger partial charge in [0.2, 0.25) is 0 Å². The highest BCUT2D eigenvalue weighted by molar-refractivity contribution is 5.75. The summed E-state index contributed by atoms with van der Waals surface area (Å²) >= 11 is 0. The summed E-state index contributed by atoms with van der Waals surface area (Å²) in [6.45, 7) is -1.49. The van der Waals surface area contributed by atoms with Crippen LogP contribution in [0, 0.1) is 0 Å². The van der Waals surface area contributed by atoms with E-state index in [2.05, 4.69) is 4.74 Å². The van der Waals surface area contributed by atoms with Crippen LogP contribution in [0.1, 0.15) is 12.8 Å². The molecule has 0 bridgehead atoms. The van der Waals surface area contributed by atoms with Gasteiger partial charge >= 0.3 is 11.9 Å². The Kier molecular flexibility index (Phi) is 9.01. The third-order valence-electron chi connectivity index (χ3n) is 2.72. The molecule has 8 N–H and O–H groups in total. The first-order valence-corrected chi connectivity index (χ1v) is 6.17. The molecule has 0 fully saturated rings. The second-order valence-corrected chi connectivity index (χ2v) is 4.46. The number of carboxylic acid groups (broad SMARTS) is 1. The number of aliphatic hydroxyl groups is 5. The van der Waals surface area contributed by atoms with E-state index in [0.717, 1.165) is 0 Å². The van der Waals surface area contributed by atoms with Gasteiger partial charge in [-0.3, -0.25) is 9.59 Å². The Hall–Kier alpha value is -1.30. The van der Waals surface area contributed by atoms with Crippen LogP contribution in [0.2, 0.25) is 0 Å². The number of hydrogen-bond donors (Lipinski definition) is 7. The lowest BCUT2D eigenvalue weighted by Gasteiger charge is -2.25. The van der Waals surface area contributed by atoms with Gasteiger partial charge in [0, 0.05) is 6.42 Å². The van der Waals surface area contributed by atoms with Gasteiger partial charge in [-0.05, 0) is 6.42 Å². The Morgan fingerprint density at radius 2 is 1.57 bits per heavy atom. The fraction of sp³-hybridized carbons (Fsp3) is 0.818. The van der Waals surface area contributed by atoms with E-state index in [0.29, 0.717) is 0 Å². The zero-order valence-electron chi connectivity index (χ0n) is 11.2. The molecule has 0 aliphatic heterocycles. The first kappa shape index (κ1) is 19.7. The molecular formula is C11H21NO9. The summed E-state index contributed by atoms with van der Waals surface area (Å²) in [5.74, 6) is -2.10. The fourth-order valence-corrected chi connectivity index (χ4v) is 1.31. The van der Waals surface area contributed by atoms with E-state index in [9.17, 15) is 24.9 Å². The number of ether oxygens (including phenoxy) is 1. The van der Waals surface area contributed by atoms with E-state index in [4.69, 9.17) is 21.1 Å². The quantitative estimate of drug-likeness (QED) is 0.196. The van der Waals surface area contributed by atoms with Crippen LogP contribution in [0.4, 0.5) is 0 Å². The Balaban J connectivity index is 4.09. The van der Waals surface area contributed by atoms with Crippen LogP contribution in [0.15, 0.2) is 0 Å². The maximum Gasteiger partial charge on any atom is 0.320 e. The van der Waals surface area contributed by atoms with Gasteiger partial charge in [-0.25, -0.2) is 0 Å². The van der Waals surface area contributed by atoms with Crippen molar-refractivity contribution in [3.63, 3.8) is 0 Å². The highest BCUT2D eigenvalue weighted by Gasteiger charge is 2.30. The summed E-state index contributed by atoms with van der Waals surface area (Å²) in [5.41, 5.74) is 5.18. The average molecular weight is 311 g/mol. The monoisotopic (exact) mass is 311 g/mol. The second-order valence-electron chi connectivity index (χ2n) is 4.46. The van der Waals surface area contributed by atoms with E-state index in [1.165, 1.54) is 0 Å². The summed E-state index contributed by atoms with van der Waals surface area (Å²) in [5, 5.41) is 54.3. The van der Waals surface area contributed by atoms with E-state index >= 15 is 0 Å². The van der Waals surface area contributed by atoms with Crippen molar-refractivity contribution in [2.75, 3.05) is 13.2 Å². The molecular weight excluding hydrogens is 290 g/mol. The molecule has 1 unspecified atom stereocenters. The number of hydrogen-bond acceptors (Lipinski definition) is 9. The minimum Gasteiger partial charge on any atom is -0.480 e. The van der Waals surface area contributed by atoms with Crippen molar-refractivity contribution in [1.82, 2.24) is 0 Å². The minimum atomic E-state index is -1.83. The predicted octanol–water partition coefficient (Wildman–Crippen LogP) is -3.84. The van der Waals surface area contributed by atoms with Gasteiger partial charge in [0.15, 0.2) is 0 Å². The largest absolute Gasteiger partial charge is 0.480 e. The Labute approximate surface area is 120 Å². The van der Waals surface area contributed by atoms with Gasteiger partial charge in [0.25, 0.3) is 0 Å². The van der Waals surface area contributed by atoms with Gasteiger partial charge in [0.05, 0.1) is 6.61 Å². The lowest BCUT2D eigenvalue weighted by atomic mass is 10.0. The standard InChI is InChI=1S/C11H21NO9/c12-5(11(19)20)1-2-8(16)21-4-7(15)10(18)9(17)6(14)3-13/h5-7,9-10,13-15,17-18H,1-4,12H2,(H,19,20)/t5?,6-,7-,9-,10-/m1/s1. The maximum atomic E-state index is 11.2. The van der Waals surface area contributed by atoms with Gasteiger partial charge in [-0.15, -0.1) is 0 Å². The van der Waals surface area contributed by atoms with Crippen molar-refractivity contribution in [3.8, 4) is 0 Å². The lowest BCUT2D eigenvalue weighted by molar-refractivity contribution is -0.156. The van der Waals surface area contributed by atoms with E-state index in [-0.39, 0.29) is 12.8 Å². The molecule has 0 radical (unpaired) electrons. The van der Waals surface area contributed by atoms with Crippen LogP contribution >= 0.6 is 0 Å². The van der Waals surface area contributed by atoms with Gasteiger partial charge in [0.1, 0.15) is 37.1 Å². The summed E-state index contributed by atoms with van der Waals surface area (Å²) in [7, 11) is 0. The number of rotatable bonds is 10. The number of carbonyl (C=O) groups is 2. The highest BCUT2D eigenvalue weighted by atomic mass is 16.5. The molecule has 0 aliphatic carbocycles. The van der Waals surface area contributed by atoms with E-state index < -0.39 is 55.6 Å². The molecule has 10 heteroatoms. The molecule has 0 rings (SSSR count). The first-order valence-electron chi connectivity index (χ1n) is 6.17. The van der Waals surface area contributed by atoms with Gasteiger partial charge in [-0.1, -0.05) is 0 Å². The maximum absolute atomic E-state index is 11.2. The Bertz CT molecular complexity index is 338. The molecule has 5 atom stereocenters. The van der Waals surface area contributed by atoms with Crippen LogP contribution in [-0.4, -0.2) is 86.2 Å². The molecule has 0 saturated heterocycles. The fourth-order valence-electron chi connectivity index (χ4n) is 1.31. The highest BCUT2D eigenvalue weighted by Crippen LogP contribution is 2.06. The van der Waals surface area contributed by atoms with E-state index in [1.54, 1.807) is 0 Å². The molecule has 0 aromatic heterocycles. The molecule has 10 nitrogen and oxygen atoms in total. The average Bonchev–Trinajstić information content (AvgIpc) is 2.47. The number of esters is 1. The molecule has 0 aromatic rings. The second kappa shape index (κ2) is 9.60. The van der Waals surface area contributed by atoms with Crippen LogP contribution in [0.25, 0.3) is 0 Å². The SMILES string of the molecule is NC(CCC(=O)OC[C@@H](O)[C@@H](O)[C@H](O)[C@H](O)CO)C(=O)O. The van der Waals surface area contributed by atoms with Crippen LogP contribution in [0.3, 0.4) is 0 Å². The topological polar surface area (TPSA) is 191 Å². The molecule has 0 amide bonds. The van der Waals surface area contributed by atoms with Crippen molar-refractivity contribution in [3.05, 3.63) is 0 Å². The van der Waals surface area contributed by atoms with Crippen LogP contribution < -0.4 is 5.73 Å². The van der Waals surface area contributed by atoms with Gasteiger partial charge < -0.3 is 41.1 Å². The molecule has 0 aromatic carbocycles. The zero-order valence-corrected chi connectivity index (χ0v) is 11.2. The normalized spacial score (nSPS) is 18.4. The Morgan fingerprint density at radius 1 is 1.05 bits per heavy atom. The van der Waals surface area contributed by atoms with Gasteiger partial charge in [-0.2, -0.15) is 0 Å². The molecule has 124 valence electrons. The summed E-state index contributed by atoms with van der Waals surface area (Å²) in [6.07, 6.45) is -7.43. The number of carboxylic acids is 1. The number of nitrogens with two attached hydrogens (primary N) is 1. The van der Waals surface area contributed by atoms with Crippen LogP contribution in [0.5, 0.6) is 0 Å². The molecule has 21 heavy (non-hydrogen) atoms. The first-order chi connectivity index (χ1) is 9.70. The summed E-state index contributed by atoms with van der Waals surface area (Å²) in [4.78, 5) is 21.7. The van der Waals surface area contributed by atoms with Crippen LogP contribution in [-0.2, 0) is 14.3 Å². The van der Waals surface area contributed by atoms with E-state index in [1.807, 2.05) is 0 Å². The number of carbonyl (C=O) groups excluding carboxylic acids is 1. The van der Waals surface area contributed by atoms with Crippen molar-refractivity contribution in [2.45, 2.75) is 43.3 Å². The lowest BCUT2D eigenvalue weighted by Crippen LogP contribution is -2.47. The zero-order chi connectivity index (χ0) is 16.6. The number of aliphatic hydroxyl groups excluding tert-OH is 5. The minimum absolute atomic E-state index is 0.154. The molecule has 0 saturated carbocycles. The smallest absolute Gasteiger partial charge is 0.320 e. The molecule has 0 heterocycles. The third kappa shape index (κ3) is 7.32. The third-order valence-corrected chi connectivity index (χ3v) is 2.72. The summed E-state index contributed by atoms with van der Waals surface area (Å²) < 4.78 is 4.57. The Morgan fingerprint density at radius 3 is 2.05 bits per heavy atom. The molecule has 0 aliphatic rings. The summed E-state index contributed by atoms with van der Waals surface area (Å²) in [6, 6.07) is -1.21. The van der Waals surface area contributed by atoms with Crippen molar-refractivity contribution in [2.24, 2.45) is 5.73 Å². The number of aliphatic carboxylic acids is 1. The van der Waals surface area contributed by atoms with Crippen molar-refractivity contribution >= 4 is 11.9 Å². The molecule has 0 spiro atoms. The predicted molar refractivity (Wildman–Crippen MR) is 66.9 cm³/mol. The van der Waals surface area contributed by atoms with Crippen molar-refractivity contribution in [1.29, 1.82) is 0 Å².